The maximum atomic E-state index is 12.3. The normalized spacial score (nSPS) is 21.9. The fraction of sp³-hybridized carbons (Fsp3) is 0.636. The number of aliphatic hydroxyl groups is 2. The first-order valence-electron chi connectivity index (χ1n) is 9.80. The summed E-state index contributed by atoms with van der Waals surface area (Å²) in [5.74, 6) is -1.76. The summed E-state index contributed by atoms with van der Waals surface area (Å²) < 4.78 is 0. The lowest BCUT2D eigenvalue weighted by Gasteiger charge is -2.29. The summed E-state index contributed by atoms with van der Waals surface area (Å²) in [6.45, 7) is 7.47. The molecule has 154 valence electrons. The predicted octanol–water partition coefficient (Wildman–Crippen LogP) is 4.09. The van der Waals surface area contributed by atoms with E-state index in [4.69, 9.17) is 0 Å². The summed E-state index contributed by atoms with van der Waals surface area (Å²) in [5, 5.41) is 20.1. The molecule has 0 fully saturated rings. The first-order chi connectivity index (χ1) is 12.8. The molecular weight excluding hydrogens is 360 g/mol. The molecule has 6 nitrogen and oxygen atoms in total. The number of carbonyl (C=O) groups excluding carboxylic acids is 4. The van der Waals surface area contributed by atoms with Gasteiger partial charge in [0.2, 0.25) is 0 Å². The van der Waals surface area contributed by atoms with Gasteiger partial charge in [0.25, 0.3) is 0 Å². The van der Waals surface area contributed by atoms with Gasteiger partial charge in [-0.1, -0.05) is 27.7 Å². The average Bonchev–Trinajstić information content (AvgIpc) is 2.47. The van der Waals surface area contributed by atoms with Crippen LogP contribution in [0.15, 0.2) is 22.7 Å². The molecule has 0 spiro atoms. The Morgan fingerprint density at radius 1 is 0.714 bits per heavy atom. The Morgan fingerprint density at radius 3 is 1.32 bits per heavy atom. The molecule has 0 atom stereocenters. The van der Waals surface area contributed by atoms with Crippen LogP contribution < -0.4 is 0 Å². The van der Waals surface area contributed by atoms with Crippen molar-refractivity contribution in [2.45, 2.75) is 79.1 Å². The largest absolute Gasteiger partial charge is 0.511 e. The molecule has 0 amide bonds. The van der Waals surface area contributed by atoms with E-state index in [0.29, 0.717) is 25.7 Å². The van der Waals surface area contributed by atoms with Crippen molar-refractivity contribution in [2.24, 2.45) is 10.8 Å². The highest BCUT2D eigenvalue weighted by Gasteiger charge is 2.37. The number of aliphatic hydroxyl groups excluding tert-OH is 2. The third-order valence-corrected chi connectivity index (χ3v) is 5.32. The van der Waals surface area contributed by atoms with Crippen molar-refractivity contribution in [1.29, 1.82) is 0 Å². The van der Waals surface area contributed by atoms with E-state index in [0.717, 1.165) is 0 Å². The Labute approximate surface area is 165 Å². The SMILES string of the molecule is CC1(C)CC(=O)C(C(=O)CCCCC(=O)C2=C(O)CC(C)(C)CC2=O)=C(O)C1. The minimum atomic E-state index is -0.400. The molecule has 2 rings (SSSR count). The third kappa shape index (κ3) is 5.18. The smallest absolute Gasteiger partial charge is 0.170 e. The van der Waals surface area contributed by atoms with E-state index in [1.54, 1.807) is 0 Å². The zero-order chi connectivity index (χ0) is 21.3. The van der Waals surface area contributed by atoms with Gasteiger partial charge in [0, 0.05) is 38.5 Å². The van der Waals surface area contributed by atoms with Crippen LogP contribution in [0.5, 0.6) is 0 Å². The number of hydrogen-bond acceptors (Lipinski definition) is 6. The van der Waals surface area contributed by atoms with Gasteiger partial charge in [-0.15, -0.1) is 0 Å². The van der Waals surface area contributed by atoms with E-state index < -0.39 is 11.6 Å². The molecule has 2 aliphatic rings. The quantitative estimate of drug-likeness (QED) is 0.501. The molecule has 2 N–H and O–H groups in total. The molecular formula is C22H30O6. The topological polar surface area (TPSA) is 109 Å². The molecule has 0 saturated carbocycles. The zero-order valence-corrected chi connectivity index (χ0v) is 17.2. The van der Waals surface area contributed by atoms with Gasteiger partial charge < -0.3 is 10.2 Å². The number of carbonyl (C=O) groups is 4. The monoisotopic (exact) mass is 390 g/mol. The van der Waals surface area contributed by atoms with Crippen LogP contribution in [0.3, 0.4) is 0 Å². The zero-order valence-electron chi connectivity index (χ0n) is 17.2. The molecule has 0 aromatic rings. The minimum Gasteiger partial charge on any atom is -0.511 e. The van der Waals surface area contributed by atoms with Crippen molar-refractivity contribution in [3.8, 4) is 0 Å². The van der Waals surface area contributed by atoms with E-state index in [2.05, 4.69) is 0 Å². The van der Waals surface area contributed by atoms with E-state index in [-0.39, 0.29) is 70.7 Å². The number of unbranched alkanes of at least 4 members (excludes halogenated alkanes) is 1. The van der Waals surface area contributed by atoms with Crippen molar-refractivity contribution in [3.05, 3.63) is 22.7 Å². The minimum absolute atomic E-state index is 0.0604. The molecule has 0 bridgehead atoms. The van der Waals surface area contributed by atoms with Crippen molar-refractivity contribution in [3.63, 3.8) is 0 Å². The van der Waals surface area contributed by atoms with E-state index >= 15 is 0 Å². The summed E-state index contributed by atoms with van der Waals surface area (Å²) in [6, 6.07) is 0. The fourth-order valence-electron chi connectivity index (χ4n) is 4.03. The summed E-state index contributed by atoms with van der Waals surface area (Å²) in [4.78, 5) is 49.0. The van der Waals surface area contributed by atoms with Crippen LogP contribution in [0, 0.1) is 10.8 Å². The van der Waals surface area contributed by atoms with Gasteiger partial charge in [-0.25, -0.2) is 0 Å². The summed E-state index contributed by atoms with van der Waals surface area (Å²) in [6.07, 6.45) is 1.90. The third-order valence-electron chi connectivity index (χ3n) is 5.32. The van der Waals surface area contributed by atoms with Crippen LogP contribution >= 0.6 is 0 Å². The fourth-order valence-corrected chi connectivity index (χ4v) is 4.03. The number of rotatable bonds is 7. The van der Waals surface area contributed by atoms with Crippen molar-refractivity contribution >= 4 is 23.1 Å². The van der Waals surface area contributed by atoms with Crippen LogP contribution in [0.25, 0.3) is 0 Å². The molecule has 0 aromatic carbocycles. The highest BCUT2D eigenvalue weighted by molar-refractivity contribution is 6.21. The Kier molecular flexibility index (Phi) is 6.31. The predicted molar refractivity (Wildman–Crippen MR) is 104 cm³/mol. The maximum absolute atomic E-state index is 12.3. The summed E-state index contributed by atoms with van der Waals surface area (Å²) in [7, 11) is 0. The first-order valence-corrected chi connectivity index (χ1v) is 9.80. The highest BCUT2D eigenvalue weighted by atomic mass is 16.3. The Bertz CT molecular complexity index is 713. The van der Waals surface area contributed by atoms with E-state index in [1.807, 2.05) is 27.7 Å². The number of Topliss-reactive ketones (excluding diaryl/α,β-unsaturated/α-hetero) is 4. The lowest BCUT2D eigenvalue weighted by molar-refractivity contribution is -0.126. The molecule has 0 radical (unpaired) electrons. The molecule has 6 heteroatoms. The van der Waals surface area contributed by atoms with Gasteiger partial charge in [-0.05, 0) is 23.7 Å². The van der Waals surface area contributed by atoms with E-state index in [9.17, 15) is 29.4 Å². The molecule has 0 unspecified atom stereocenters. The average molecular weight is 390 g/mol. The van der Waals surface area contributed by atoms with Crippen LogP contribution in [0.4, 0.5) is 0 Å². The number of hydrogen-bond donors (Lipinski definition) is 2. The summed E-state index contributed by atoms with van der Waals surface area (Å²) in [5.41, 5.74) is -0.908. The second-order valence-corrected chi connectivity index (χ2v) is 9.58. The Balaban J connectivity index is 1.89. The molecule has 0 aliphatic heterocycles. The lowest BCUT2D eigenvalue weighted by atomic mass is 9.75. The van der Waals surface area contributed by atoms with Gasteiger partial charge in [0.1, 0.15) is 11.5 Å². The molecule has 0 heterocycles. The van der Waals surface area contributed by atoms with Gasteiger partial charge in [-0.2, -0.15) is 0 Å². The van der Waals surface area contributed by atoms with Crippen LogP contribution in [0.1, 0.15) is 79.1 Å². The molecule has 0 aromatic heterocycles. The van der Waals surface area contributed by atoms with Gasteiger partial charge in [0.05, 0.1) is 11.1 Å². The van der Waals surface area contributed by atoms with Crippen LogP contribution in [-0.4, -0.2) is 33.3 Å². The molecule has 0 saturated heterocycles. The van der Waals surface area contributed by atoms with Gasteiger partial charge in [0.15, 0.2) is 23.1 Å². The summed E-state index contributed by atoms with van der Waals surface area (Å²) >= 11 is 0. The maximum Gasteiger partial charge on any atom is 0.170 e. The number of allylic oxidation sites excluding steroid dienone is 4. The Hall–Kier alpha value is -2.24. The van der Waals surface area contributed by atoms with Crippen molar-refractivity contribution in [2.75, 3.05) is 0 Å². The lowest BCUT2D eigenvalue weighted by Crippen LogP contribution is -2.29. The molecule has 2 aliphatic carbocycles. The van der Waals surface area contributed by atoms with Gasteiger partial charge >= 0.3 is 0 Å². The second-order valence-electron chi connectivity index (χ2n) is 9.58. The van der Waals surface area contributed by atoms with Gasteiger partial charge in [-0.3, -0.25) is 19.2 Å². The Morgan fingerprint density at radius 2 is 1.04 bits per heavy atom. The number of ketones is 4. The van der Waals surface area contributed by atoms with Crippen LogP contribution in [0.2, 0.25) is 0 Å². The van der Waals surface area contributed by atoms with Crippen molar-refractivity contribution < 1.29 is 29.4 Å². The van der Waals surface area contributed by atoms with E-state index in [1.165, 1.54) is 0 Å². The highest BCUT2D eigenvalue weighted by Crippen LogP contribution is 2.37. The molecule has 28 heavy (non-hydrogen) atoms. The second kappa shape index (κ2) is 8.02. The standard InChI is InChI=1S/C22H30O6/c1-21(2)9-15(25)19(16(26)10-21)13(23)7-5-6-8-14(24)20-17(27)11-22(3,4)12-18(20)28/h25,27H,5-12H2,1-4H3. The van der Waals surface area contributed by atoms with Crippen LogP contribution in [-0.2, 0) is 19.2 Å². The first kappa shape index (κ1) is 22.1. The van der Waals surface area contributed by atoms with Crippen molar-refractivity contribution in [1.82, 2.24) is 0 Å².